The minimum Gasteiger partial charge on any atom is -0.454 e. The molecule has 0 unspecified atom stereocenters. The number of ether oxygens (including phenoxy) is 2. The summed E-state index contributed by atoms with van der Waals surface area (Å²) in [6, 6.07) is 5.53. The van der Waals surface area contributed by atoms with Gasteiger partial charge in [-0.1, -0.05) is 26.0 Å². The predicted octanol–water partition coefficient (Wildman–Crippen LogP) is 2.11. The molecule has 104 valence electrons. The summed E-state index contributed by atoms with van der Waals surface area (Å²) in [6.07, 6.45) is 0.733. The summed E-state index contributed by atoms with van der Waals surface area (Å²) in [7, 11) is 0. The molecule has 1 aliphatic heterocycles. The van der Waals surface area contributed by atoms with Crippen molar-refractivity contribution in [2.24, 2.45) is 0 Å². The van der Waals surface area contributed by atoms with Crippen LogP contribution in [0, 0.1) is 0 Å². The number of benzene rings is 1. The van der Waals surface area contributed by atoms with Gasteiger partial charge in [-0.3, -0.25) is 4.79 Å². The fraction of sp³-hybridized carbons (Fsp3) is 0.357. The lowest BCUT2D eigenvalue weighted by Gasteiger charge is -2.20. The summed E-state index contributed by atoms with van der Waals surface area (Å²) in [5.41, 5.74) is 1.66. The second kappa shape index (κ2) is 4.33. The molecule has 1 aliphatic rings. The van der Waals surface area contributed by atoms with E-state index in [2.05, 4.69) is 10.3 Å². The molecule has 3 rings (SSSR count). The number of carbonyl (C=O) groups is 1. The van der Waals surface area contributed by atoms with E-state index in [0.29, 0.717) is 17.2 Å². The lowest BCUT2D eigenvalue weighted by molar-refractivity contribution is 0.111. The van der Waals surface area contributed by atoms with Crippen LogP contribution in [0.1, 0.15) is 37.0 Å². The number of carbonyl (C=O) groups excluding carboxylic acids is 1. The molecule has 1 aromatic carbocycles. The Labute approximate surface area is 116 Å². The van der Waals surface area contributed by atoms with E-state index in [4.69, 9.17) is 9.47 Å². The highest BCUT2D eigenvalue weighted by Crippen LogP contribution is 2.35. The molecule has 0 fully saturated rings. The van der Waals surface area contributed by atoms with Gasteiger partial charge in [0.05, 0.1) is 11.4 Å². The third-order valence-electron chi connectivity index (χ3n) is 3.12. The third-order valence-corrected chi connectivity index (χ3v) is 3.12. The topological polar surface area (TPSA) is 66.2 Å². The number of nitrogens with zero attached hydrogens (tertiary/aromatic N) is 3. The predicted molar refractivity (Wildman–Crippen MR) is 71.6 cm³/mol. The Hall–Kier alpha value is -2.37. The van der Waals surface area contributed by atoms with Crippen LogP contribution in [-0.4, -0.2) is 28.1 Å². The second-order valence-corrected chi connectivity index (χ2v) is 5.64. The van der Waals surface area contributed by atoms with E-state index >= 15 is 0 Å². The molecule has 0 amide bonds. The van der Waals surface area contributed by atoms with Gasteiger partial charge in [0.15, 0.2) is 17.8 Å². The fourth-order valence-electron chi connectivity index (χ4n) is 2.27. The summed E-state index contributed by atoms with van der Waals surface area (Å²) in [5.74, 6) is 1.38. The molecule has 20 heavy (non-hydrogen) atoms. The van der Waals surface area contributed by atoms with Crippen molar-refractivity contribution in [3.8, 4) is 17.2 Å². The molecule has 0 N–H and O–H groups in total. The Morgan fingerprint density at radius 2 is 2.00 bits per heavy atom. The smallest absolute Gasteiger partial charge is 0.231 e. The molecular formula is C14H15N3O3. The number of hydrogen-bond donors (Lipinski definition) is 0. The molecule has 0 aliphatic carbocycles. The number of fused-ring (bicyclic) bond motifs is 1. The van der Waals surface area contributed by atoms with E-state index in [1.54, 1.807) is 4.68 Å². The molecule has 0 radical (unpaired) electrons. The molecular weight excluding hydrogens is 258 g/mol. The lowest BCUT2D eigenvalue weighted by Crippen LogP contribution is -2.19. The molecule has 0 atom stereocenters. The molecule has 1 aromatic heterocycles. The van der Waals surface area contributed by atoms with Crippen LogP contribution < -0.4 is 9.47 Å². The van der Waals surface area contributed by atoms with Gasteiger partial charge in [0.25, 0.3) is 0 Å². The van der Waals surface area contributed by atoms with Crippen molar-refractivity contribution in [1.82, 2.24) is 15.0 Å². The van der Waals surface area contributed by atoms with Crippen LogP contribution in [0.15, 0.2) is 18.2 Å². The van der Waals surface area contributed by atoms with Crippen molar-refractivity contribution in [3.63, 3.8) is 0 Å². The van der Waals surface area contributed by atoms with Crippen molar-refractivity contribution < 1.29 is 14.3 Å². The van der Waals surface area contributed by atoms with Gasteiger partial charge in [-0.2, -0.15) is 0 Å². The molecule has 2 aromatic rings. The average Bonchev–Trinajstić information content (AvgIpc) is 3.03. The average molecular weight is 273 g/mol. The summed E-state index contributed by atoms with van der Waals surface area (Å²) >= 11 is 0. The van der Waals surface area contributed by atoms with E-state index in [-0.39, 0.29) is 12.2 Å². The van der Waals surface area contributed by atoms with Crippen molar-refractivity contribution in [2.75, 3.05) is 6.79 Å². The highest BCUT2D eigenvalue weighted by molar-refractivity contribution is 5.74. The normalized spacial score (nSPS) is 13.6. The second-order valence-electron chi connectivity index (χ2n) is 5.64. The minimum atomic E-state index is -0.254. The van der Waals surface area contributed by atoms with Gasteiger partial charge in [-0.25, -0.2) is 4.68 Å². The maximum atomic E-state index is 11.1. The lowest BCUT2D eigenvalue weighted by atomic mass is 9.90. The highest BCUT2D eigenvalue weighted by Gasteiger charge is 2.26. The number of aldehydes is 1. The molecule has 0 saturated heterocycles. The van der Waals surface area contributed by atoms with Crippen LogP contribution in [0.5, 0.6) is 11.5 Å². The minimum absolute atomic E-state index is 0.224. The van der Waals surface area contributed by atoms with E-state index in [1.807, 2.05) is 39.0 Å². The summed E-state index contributed by atoms with van der Waals surface area (Å²) in [6.45, 7) is 6.27. The van der Waals surface area contributed by atoms with Crippen molar-refractivity contribution in [2.45, 2.75) is 26.2 Å². The summed E-state index contributed by atoms with van der Waals surface area (Å²) < 4.78 is 12.3. The van der Waals surface area contributed by atoms with Crippen LogP contribution in [0.3, 0.4) is 0 Å². The third kappa shape index (κ3) is 1.93. The Morgan fingerprint density at radius 3 is 2.70 bits per heavy atom. The Bertz CT molecular complexity index is 671. The Morgan fingerprint density at radius 1 is 1.25 bits per heavy atom. The first-order chi connectivity index (χ1) is 9.50. The van der Waals surface area contributed by atoms with Crippen LogP contribution in [0.25, 0.3) is 5.69 Å². The van der Waals surface area contributed by atoms with Crippen LogP contribution >= 0.6 is 0 Å². The van der Waals surface area contributed by atoms with Crippen molar-refractivity contribution in [1.29, 1.82) is 0 Å². The molecule has 6 heteroatoms. The first-order valence-electron chi connectivity index (χ1n) is 6.32. The molecule has 2 heterocycles. The summed E-state index contributed by atoms with van der Waals surface area (Å²) in [5, 5.41) is 8.03. The van der Waals surface area contributed by atoms with E-state index in [0.717, 1.165) is 17.7 Å². The zero-order chi connectivity index (χ0) is 14.3. The monoisotopic (exact) mass is 273 g/mol. The van der Waals surface area contributed by atoms with E-state index in [1.165, 1.54) is 0 Å². The van der Waals surface area contributed by atoms with Crippen molar-refractivity contribution >= 4 is 6.29 Å². The maximum absolute atomic E-state index is 11.1. The quantitative estimate of drug-likeness (QED) is 0.784. The van der Waals surface area contributed by atoms with Gasteiger partial charge in [-0.05, 0) is 12.1 Å². The Balaban J connectivity index is 2.15. The number of rotatable bonds is 2. The largest absolute Gasteiger partial charge is 0.454 e. The van der Waals surface area contributed by atoms with Gasteiger partial charge in [0.1, 0.15) is 5.69 Å². The van der Waals surface area contributed by atoms with E-state index < -0.39 is 0 Å². The van der Waals surface area contributed by atoms with Gasteiger partial charge in [-0.15, -0.1) is 5.10 Å². The van der Waals surface area contributed by atoms with Crippen LogP contribution in [0.4, 0.5) is 0 Å². The van der Waals surface area contributed by atoms with Crippen molar-refractivity contribution in [3.05, 3.63) is 29.6 Å². The number of hydrogen-bond acceptors (Lipinski definition) is 5. The number of aromatic nitrogens is 3. The molecule has 0 spiro atoms. The van der Waals surface area contributed by atoms with Crippen LogP contribution in [-0.2, 0) is 5.41 Å². The van der Waals surface area contributed by atoms with Gasteiger partial charge >= 0.3 is 0 Å². The van der Waals surface area contributed by atoms with Gasteiger partial charge < -0.3 is 9.47 Å². The molecule has 6 nitrogen and oxygen atoms in total. The first-order valence-corrected chi connectivity index (χ1v) is 6.32. The molecule has 0 bridgehead atoms. The zero-order valence-corrected chi connectivity index (χ0v) is 11.6. The summed E-state index contributed by atoms with van der Waals surface area (Å²) in [4.78, 5) is 11.1. The van der Waals surface area contributed by atoms with Crippen LogP contribution in [0.2, 0.25) is 0 Å². The van der Waals surface area contributed by atoms with Gasteiger partial charge in [0.2, 0.25) is 6.79 Å². The zero-order valence-electron chi connectivity index (χ0n) is 11.6. The SMILES string of the molecule is CC(C)(C)c1c(C=O)nnn1-c1ccc2c(c1)OCO2. The maximum Gasteiger partial charge on any atom is 0.231 e. The fourth-order valence-corrected chi connectivity index (χ4v) is 2.27. The Kier molecular flexibility index (Phi) is 2.74. The van der Waals surface area contributed by atoms with Gasteiger partial charge in [0, 0.05) is 11.5 Å². The van der Waals surface area contributed by atoms with E-state index in [9.17, 15) is 4.79 Å². The standard InChI is InChI=1S/C14H15N3O3/c1-14(2,3)13-10(7-18)15-16-17(13)9-4-5-11-12(6-9)20-8-19-11/h4-7H,8H2,1-3H3. The highest BCUT2D eigenvalue weighted by atomic mass is 16.7. The first kappa shape index (κ1) is 12.7. The molecule has 0 saturated carbocycles.